The second kappa shape index (κ2) is 4.01. The summed E-state index contributed by atoms with van der Waals surface area (Å²) in [4.78, 5) is 0.695. The van der Waals surface area contributed by atoms with Gasteiger partial charge in [0.15, 0.2) is 0 Å². The van der Waals surface area contributed by atoms with E-state index in [1.54, 1.807) is 6.07 Å². The summed E-state index contributed by atoms with van der Waals surface area (Å²) in [6, 6.07) is 5.66. The molecule has 0 spiro atoms. The number of hydrogen-bond donors (Lipinski definition) is 1. The maximum atomic E-state index is 8.73. The molecule has 1 rings (SSSR count). The molecule has 0 N–H and O–H groups in total. The minimum Gasteiger partial charge on any atom is -0.494 e. The molecule has 0 aromatic heterocycles. The van der Waals surface area contributed by atoms with Crippen molar-refractivity contribution >= 4 is 35.2 Å². The lowest BCUT2D eigenvalue weighted by Gasteiger charge is -2.05. The van der Waals surface area contributed by atoms with Crippen LogP contribution in [0.4, 0.5) is 0 Å². The van der Waals surface area contributed by atoms with Crippen LogP contribution in [0.1, 0.15) is 5.56 Å². The highest BCUT2D eigenvalue weighted by Gasteiger charge is 2.07. The van der Waals surface area contributed by atoms with E-state index in [2.05, 4.69) is 35.2 Å². The summed E-state index contributed by atoms with van der Waals surface area (Å²) in [5.41, 5.74) is 0.523. The minimum absolute atomic E-state index is 0.523. The van der Waals surface area contributed by atoms with E-state index in [0.29, 0.717) is 16.2 Å². The Morgan fingerprint density at radius 1 is 1.58 bits per heavy atom. The first-order valence-corrected chi connectivity index (χ1v) is 4.68. The Balaban J connectivity index is 3.36. The average molecular weight is 291 g/mol. The molecule has 0 saturated heterocycles. The Hall–Kier alpha value is -0.410. The van der Waals surface area contributed by atoms with Gasteiger partial charge in [0.05, 0.1) is 12.7 Å². The van der Waals surface area contributed by atoms with E-state index in [4.69, 9.17) is 10.00 Å². The number of nitriles is 1. The van der Waals surface area contributed by atoms with E-state index in [0.717, 1.165) is 3.57 Å². The molecule has 0 unspecified atom stereocenters. The van der Waals surface area contributed by atoms with E-state index in [9.17, 15) is 0 Å². The van der Waals surface area contributed by atoms with Crippen molar-refractivity contribution in [2.45, 2.75) is 4.90 Å². The summed E-state index contributed by atoms with van der Waals surface area (Å²) < 4.78 is 6.00. The molecule has 0 bridgehead atoms. The fourth-order valence-corrected chi connectivity index (χ4v) is 2.10. The van der Waals surface area contributed by atoms with Crippen LogP contribution in [0.5, 0.6) is 5.75 Å². The third-order valence-electron chi connectivity index (χ3n) is 1.36. The summed E-state index contributed by atoms with van der Waals surface area (Å²) in [7, 11) is 1.53. The first-order valence-electron chi connectivity index (χ1n) is 3.15. The first-order chi connectivity index (χ1) is 5.69. The molecule has 0 fully saturated rings. The van der Waals surface area contributed by atoms with Crippen molar-refractivity contribution < 1.29 is 4.74 Å². The maximum absolute atomic E-state index is 8.73. The topological polar surface area (TPSA) is 33.0 Å². The Morgan fingerprint density at radius 2 is 2.25 bits per heavy atom. The number of hydrogen-bond acceptors (Lipinski definition) is 3. The maximum Gasteiger partial charge on any atom is 0.149 e. The van der Waals surface area contributed by atoms with Gasteiger partial charge in [-0.15, -0.1) is 12.6 Å². The molecule has 62 valence electrons. The van der Waals surface area contributed by atoms with Crippen LogP contribution in [-0.4, -0.2) is 7.11 Å². The minimum atomic E-state index is 0.523. The predicted octanol–water partition coefficient (Wildman–Crippen LogP) is 2.46. The van der Waals surface area contributed by atoms with E-state index >= 15 is 0 Å². The van der Waals surface area contributed by atoms with Gasteiger partial charge in [-0.2, -0.15) is 5.26 Å². The molecule has 12 heavy (non-hydrogen) atoms. The van der Waals surface area contributed by atoms with E-state index < -0.39 is 0 Å². The van der Waals surface area contributed by atoms with Gasteiger partial charge in [-0.1, -0.05) is 0 Å². The number of nitrogens with zero attached hydrogens (tertiary/aromatic N) is 1. The standard InChI is InChI=1S/C8H6INOS/c1-11-8-5(4-10)2-6(9)3-7(8)12/h2-3,12H,1H3. The normalized spacial score (nSPS) is 9.17. The molecule has 0 saturated carbocycles. The fourth-order valence-electron chi connectivity index (χ4n) is 0.877. The van der Waals surface area contributed by atoms with Crippen molar-refractivity contribution in [1.82, 2.24) is 0 Å². The zero-order valence-corrected chi connectivity index (χ0v) is 9.39. The van der Waals surface area contributed by atoms with Crippen LogP contribution in [-0.2, 0) is 0 Å². The van der Waals surface area contributed by atoms with Gasteiger partial charge in [0.2, 0.25) is 0 Å². The van der Waals surface area contributed by atoms with Gasteiger partial charge in [-0.3, -0.25) is 0 Å². The number of halogens is 1. The van der Waals surface area contributed by atoms with E-state index in [1.807, 2.05) is 12.1 Å². The molecule has 1 aromatic rings. The second-order valence-electron chi connectivity index (χ2n) is 2.12. The van der Waals surface area contributed by atoms with E-state index in [-0.39, 0.29) is 0 Å². The van der Waals surface area contributed by atoms with Gasteiger partial charge >= 0.3 is 0 Å². The summed E-state index contributed by atoms with van der Waals surface area (Å²) in [5, 5.41) is 8.73. The first kappa shape index (κ1) is 9.68. The molecule has 0 aliphatic heterocycles. The van der Waals surface area contributed by atoms with Crippen molar-refractivity contribution in [3.05, 3.63) is 21.3 Å². The third kappa shape index (κ3) is 1.84. The van der Waals surface area contributed by atoms with Crippen LogP contribution >= 0.6 is 35.2 Å². The van der Waals surface area contributed by atoms with Crippen LogP contribution in [0, 0.1) is 14.9 Å². The molecule has 2 nitrogen and oxygen atoms in total. The number of thiol groups is 1. The van der Waals surface area contributed by atoms with Crippen molar-refractivity contribution in [2.24, 2.45) is 0 Å². The Labute approximate surface area is 90.1 Å². The molecule has 0 aliphatic carbocycles. The van der Waals surface area contributed by atoms with Crippen LogP contribution in [0.15, 0.2) is 17.0 Å². The van der Waals surface area contributed by atoms with Crippen molar-refractivity contribution in [3.63, 3.8) is 0 Å². The van der Waals surface area contributed by atoms with Crippen LogP contribution < -0.4 is 4.74 Å². The van der Waals surface area contributed by atoms with E-state index in [1.165, 1.54) is 7.11 Å². The lowest BCUT2D eigenvalue weighted by Crippen LogP contribution is -1.90. The van der Waals surface area contributed by atoms with Gasteiger partial charge in [0.1, 0.15) is 11.8 Å². The van der Waals surface area contributed by atoms with Crippen LogP contribution in [0.2, 0.25) is 0 Å². The number of benzene rings is 1. The van der Waals surface area contributed by atoms with Gasteiger partial charge < -0.3 is 4.74 Å². The fraction of sp³-hybridized carbons (Fsp3) is 0.125. The monoisotopic (exact) mass is 291 g/mol. The molecule has 1 aromatic carbocycles. The highest BCUT2D eigenvalue weighted by atomic mass is 127. The van der Waals surface area contributed by atoms with Gasteiger partial charge in [0, 0.05) is 8.47 Å². The molecule has 0 aliphatic rings. The zero-order valence-electron chi connectivity index (χ0n) is 6.34. The second-order valence-corrected chi connectivity index (χ2v) is 3.84. The summed E-state index contributed by atoms with van der Waals surface area (Å²) in [5.74, 6) is 0.543. The number of methoxy groups -OCH3 is 1. The highest BCUT2D eigenvalue weighted by Crippen LogP contribution is 2.28. The van der Waals surface area contributed by atoms with Gasteiger partial charge in [-0.05, 0) is 34.7 Å². The smallest absolute Gasteiger partial charge is 0.149 e. The number of rotatable bonds is 1. The lowest BCUT2D eigenvalue weighted by atomic mass is 10.2. The average Bonchev–Trinajstić information content (AvgIpc) is 2.03. The Morgan fingerprint density at radius 3 is 2.75 bits per heavy atom. The molecular weight excluding hydrogens is 285 g/mol. The number of ether oxygens (including phenoxy) is 1. The summed E-state index contributed by atoms with van der Waals surface area (Å²) in [6.45, 7) is 0. The predicted molar refractivity (Wildman–Crippen MR) is 57.7 cm³/mol. The van der Waals surface area contributed by atoms with Crippen molar-refractivity contribution in [2.75, 3.05) is 7.11 Å². The zero-order chi connectivity index (χ0) is 9.14. The molecule has 4 heteroatoms. The largest absolute Gasteiger partial charge is 0.494 e. The SMILES string of the molecule is COc1c(S)cc(I)cc1C#N. The van der Waals surface area contributed by atoms with Crippen molar-refractivity contribution in [3.8, 4) is 11.8 Å². The summed E-state index contributed by atoms with van der Waals surface area (Å²) in [6.07, 6.45) is 0. The van der Waals surface area contributed by atoms with Crippen LogP contribution in [0.25, 0.3) is 0 Å². The Kier molecular flexibility index (Phi) is 3.23. The molecule has 0 amide bonds. The third-order valence-corrected chi connectivity index (χ3v) is 2.31. The van der Waals surface area contributed by atoms with Crippen LogP contribution in [0.3, 0.4) is 0 Å². The van der Waals surface area contributed by atoms with Crippen molar-refractivity contribution in [1.29, 1.82) is 5.26 Å². The lowest BCUT2D eigenvalue weighted by molar-refractivity contribution is 0.403. The molecule has 0 radical (unpaired) electrons. The molecular formula is C8H6INOS. The summed E-state index contributed by atoms with van der Waals surface area (Å²) >= 11 is 6.32. The Bertz CT molecular complexity index is 346. The molecule has 0 heterocycles. The van der Waals surface area contributed by atoms with Gasteiger partial charge in [0.25, 0.3) is 0 Å². The molecule has 0 atom stereocenters. The highest BCUT2D eigenvalue weighted by molar-refractivity contribution is 14.1. The van der Waals surface area contributed by atoms with Gasteiger partial charge in [-0.25, -0.2) is 0 Å². The quantitative estimate of drug-likeness (QED) is 0.637.